The van der Waals surface area contributed by atoms with Gasteiger partial charge < -0.3 is 20.4 Å². The van der Waals surface area contributed by atoms with Crippen molar-refractivity contribution in [1.82, 2.24) is 9.80 Å². The molecule has 0 bridgehead atoms. The third-order valence-electron chi connectivity index (χ3n) is 5.62. The maximum absolute atomic E-state index is 12.8. The van der Waals surface area contributed by atoms with E-state index >= 15 is 0 Å². The maximum Gasteiger partial charge on any atom is 0.257 e. The molecule has 2 aliphatic rings. The molecular formula is C21H24N4O3S. The Hall–Kier alpha value is -2.71. The van der Waals surface area contributed by atoms with E-state index < -0.39 is 0 Å². The molecule has 1 aromatic carbocycles. The monoisotopic (exact) mass is 412 g/mol. The van der Waals surface area contributed by atoms with E-state index in [-0.39, 0.29) is 36.7 Å². The van der Waals surface area contributed by atoms with Crippen LogP contribution < -0.4 is 10.6 Å². The van der Waals surface area contributed by atoms with Crippen molar-refractivity contribution in [3.63, 3.8) is 0 Å². The minimum atomic E-state index is -0.343. The molecule has 2 N–H and O–H groups in total. The second-order valence-electron chi connectivity index (χ2n) is 7.58. The molecule has 0 radical (unpaired) electrons. The van der Waals surface area contributed by atoms with Gasteiger partial charge in [-0.2, -0.15) is 0 Å². The van der Waals surface area contributed by atoms with Crippen molar-refractivity contribution in [3.05, 3.63) is 51.9 Å². The fourth-order valence-corrected chi connectivity index (χ4v) is 5.21. The first-order valence-corrected chi connectivity index (χ1v) is 10.4. The number of rotatable bonds is 3. The molecule has 0 fully saturated rings. The summed E-state index contributed by atoms with van der Waals surface area (Å²) in [5, 5.41) is 0.685. The Balaban J connectivity index is 1.55. The first-order valence-electron chi connectivity index (χ1n) is 9.61. The van der Waals surface area contributed by atoms with Gasteiger partial charge in [-0.3, -0.25) is 14.4 Å². The molecule has 8 heteroatoms. The molecule has 0 aliphatic carbocycles. The fourth-order valence-electron chi connectivity index (χ4n) is 3.88. The SMILES string of the molecule is CN1CC(=O)N(C)c2sc3c(c2C1=O)CCN(C(=O)CC(N)c1ccccc1)C3. The molecule has 1 atom stereocenters. The van der Waals surface area contributed by atoms with E-state index in [2.05, 4.69) is 0 Å². The van der Waals surface area contributed by atoms with Crippen molar-refractivity contribution < 1.29 is 14.4 Å². The average molecular weight is 413 g/mol. The topological polar surface area (TPSA) is 87.0 Å². The predicted molar refractivity (Wildman–Crippen MR) is 112 cm³/mol. The van der Waals surface area contributed by atoms with Crippen LogP contribution in [0.5, 0.6) is 0 Å². The summed E-state index contributed by atoms with van der Waals surface area (Å²) >= 11 is 1.44. The standard InChI is InChI=1S/C21H24N4O3S/c1-23-12-18(27)24(2)21-19(20(23)28)14-8-9-25(11-16(14)29-21)17(26)10-15(22)13-6-4-3-5-7-13/h3-7,15H,8-12,22H2,1-2H3. The summed E-state index contributed by atoms with van der Waals surface area (Å²) in [6, 6.07) is 9.26. The Labute approximate surface area is 173 Å². The van der Waals surface area contributed by atoms with Crippen LogP contribution in [-0.2, 0) is 22.6 Å². The second kappa shape index (κ2) is 7.61. The van der Waals surface area contributed by atoms with Crippen molar-refractivity contribution in [2.75, 3.05) is 32.1 Å². The lowest BCUT2D eigenvalue weighted by Crippen LogP contribution is -2.38. The lowest BCUT2D eigenvalue weighted by atomic mass is 10.00. The van der Waals surface area contributed by atoms with Crippen molar-refractivity contribution in [3.8, 4) is 0 Å². The molecule has 2 aliphatic heterocycles. The first-order chi connectivity index (χ1) is 13.9. The van der Waals surface area contributed by atoms with Gasteiger partial charge in [-0.25, -0.2) is 0 Å². The Bertz CT molecular complexity index is 972. The van der Waals surface area contributed by atoms with Crippen LogP contribution in [0.25, 0.3) is 0 Å². The quantitative estimate of drug-likeness (QED) is 0.832. The number of nitrogens with two attached hydrogens (primary N) is 1. The summed E-state index contributed by atoms with van der Waals surface area (Å²) in [5.74, 6) is -0.232. The number of amides is 3. The highest BCUT2D eigenvalue weighted by Crippen LogP contribution is 2.40. The van der Waals surface area contributed by atoms with Gasteiger partial charge in [0.2, 0.25) is 11.8 Å². The molecule has 2 aromatic rings. The Morgan fingerprint density at radius 3 is 2.62 bits per heavy atom. The van der Waals surface area contributed by atoms with Gasteiger partial charge in [0.25, 0.3) is 5.91 Å². The Kier molecular flexibility index (Phi) is 5.14. The minimum Gasteiger partial charge on any atom is -0.337 e. The van der Waals surface area contributed by atoms with Crippen molar-refractivity contribution in [1.29, 1.82) is 0 Å². The molecule has 0 saturated heterocycles. The fraction of sp³-hybridized carbons (Fsp3) is 0.381. The molecule has 3 amide bonds. The number of nitrogens with zero attached hydrogens (tertiary/aromatic N) is 3. The van der Waals surface area contributed by atoms with Gasteiger partial charge >= 0.3 is 0 Å². The van der Waals surface area contributed by atoms with Crippen LogP contribution in [-0.4, -0.2) is 54.7 Å². The summed E-state index contributed by atoms with van der Waals surface area (Å²) < 4.78 is 0. The number of likely N-dealkylation sites (N-methyl/N-ethyl adjacent to an activating group) is 2. The van der Waals surface area contributed by atoms with Crippen LogP contribution in [0, 0.1) is 0 Å². The maximum atomic E-state index is 12.8. The zero-order chi connectivity index (χ0) is 20.7. The van der Waals surface area contributed by atoms with E-state index in [1.54, 1.807) is 23.9 Å². The molecule has 0 saturated carbocycles. The number of carbonyl (C=O) groups excluding carboxylic acids is 3. The molecule has 7 nitrogen and oxygen atoms in total. The van der Waals surface area contributed by atoms with Gasteiger partial charge in [-0.15, -0.1) is 11.3 Å². The van der Waals surface area contributed by atoms with E-state index in [9.17, 15) is 14.4 Å². The highest BCUT2D eigenvalue weighted by molar-refractivity contribution is 7.17. The Morgan fingerprint density at radius 2 is 1.90 bits per heavy atom. The molecule has 3 heterocycles. The zero-order valence-electron chi connectivity index (χ0n) is 16.6. The molecule has 0 spiro atoms. The number of fused-ring (bicyclic) bond motifs is 3. The summed E-state index contributed by atoms with van der Waals surface area (Å²) in [6.07, 6.45) is 0.847. The van der Waals surface area contributed by atoms with Crippen LogP contribution in [0.4, 0.5) is 5.00 Å². The van der Waals surface area contributed by atoms with Crippen LogP contribution in [0.15, 0.2) is 30.3 Å². The average Bonchev–Trinajstić information content (AvgIpc) is 3.08. The molecule has 152 valence electrons. The summed E-state index contributed by atoms with van der Waals surface area (Å²) in [5.41, 5.74) is 8.75. The number of hydrogen-bond donors (Lipinski definition) is 1. The van der Waals surface area contributed by atoms with E-state index in [1.807, 2.05) is 30.3 Å². The predicted octanol–water partition coefficient (Wildman–Crippen LogP) is 1.77. The highest BCUT2D eigenvalue weighted by Gasteiger charge is 2.36. The number of carbonyl (C=O) groups is 3. The zero-order valence-corrected chi connectivity index (χ0v) is 17.4. The van der Waals surface area contributed by atoms with E-state index in [4.69, 9.17) is 5.73 Å². The van der Waals surface area contributed by atoms with E-state index in [0.29, 0.717) is 30.1 Å². The summed E-state index contributed by atoms with van der Waals surface area (Å²) in [4.78, 5) is 43.8. The van der Waals surface area contributed by atoms with Gasteiger partial charge in [-0.05, 0) is 17.5 Å². The highest BCUT2D eigenvalue weighted by atomic mass is 32.1. The van der Waals surface area contributed by atoms with Gasteiger partial charge in [0.05, 0.1) is 12.1 Å². The number of anilines is 1. The minimum absolute atomic E-state index is 0.00322. The number of thiophene rings is 1. The van der Waals surface area contributed by atoms with E-state index in [1.165, 1.54) is 16.2 Å². The van der Waals surface area contributed by atoms with E-state index in [0.717, 1.165) is 16.0 Å². The lowest BCUT2D eigenvalue weighted by Gasteiger charge is -2.28. The van der Waals surface area contributed by atoms with Crippen molar-refractivity contribution in [2.24, 2.45) is 5.73 Å². The van der Waals surface area contributed by atoms with Crippen molar-refractivity contribution >= 4 is 34.1 Å². The second-order valence-corrected chi connectivity index (χ2v) is 8.67. The Morgan fingerprint density at radius 1 is 1.17 bits per heavy atom. The van der Waals surface area contributed by atoms with Gasteiger partial charge in [0, 0.05) is 38.0 Å². The van der Waals surface area contributed by atoms with Gasteiger partial charge in [0.1, 0.15) is 11.5 Å². The molecule has 29 heavy (non-hydrogen) atoms. The van der Waals surface area contributed by atoms with Gasteiger partial charge in [-0.1, -0.05) is 30.3 Å². The van der Waals surface area contributed by atoms with Crippen LogP contribution >= 0.6 is 11.3 Å². The molecule has 1 aromatic heterocycles. The molecule has 1 unspecified atom stereocenters. The lowest BCUT2D eigenvalue weighted by molar-refractivity contribution is -0.132. The number of benzene rings is 1. The third-order valence-corrected chi connectivity index (χ3v) is 6.92. The van der Waals surface area contributed by atoms with Crippen LogP contribution in [0.1, 0.15) is 38.8 Å². The summed E-state index contributed by atoms with van der Waals surface area (Å²) in [7, 11) is 3.36. The number of hydrogen-bond acceptors (Lipinski definition) is 5. The van der Waals surface area contributed by atoms with Crippen LogP contribution in [0.3, 0.4) is 0 Å². The third kappa shape index (κ3) is 3.54. The van der Waals surface area contributed by atoms with Crippen LogP contribution in [0.2, 0.25) is 0 Å². The normalized spacial score (nSPS) is 17.7. The largest absolute Gasteiger partial charge is 0.337 e. The molecule has 4 rings (SSSR count). The molecular weight excluding hydrogens is 388 g/mol. The van der Waals surface area contributed by atoms with Crippen molar-refractivity contribution in [2.45, 2.75) is 25.4 Å². The summed E-state index contributed by atoms with van der Waals surface area (Å²) in [6.45, 7) is 1.07. The smallest absolute Gasteiger partial charge is 0.257 e. The van der Waals surface area contributed by atoms with Gasteiger partial charge in [0.15, 0.2) is 0 Å². The first kappa shape index (κ1) is 19.6.